The number of esters is 1. The molecule has 0 amide bonds. The van der Waals surface area contributed by atoms with Crippen LogP contribution in [0.25, 0.3) is 0 Å². The Kier molecular flexibility index (Phi) is 4.86. The van der Waals surface area contributed by atoms with E-state index in [0.29, 0.717) is 19.6 Å². The van der Waals surface area contributed by atoms with Gasteiger partial charge in [-0.2, -0.15) is 0 Å². The zero-order chi connectivity index (χ0) is 15.2. The molecule has 0 aromatic heterocycles. The molecular weight excluding hydrogens is 276 g/mol. The summed E-state index contributed by atoms with van der Waals surface area (Å²) in [5.41, 5.74) is 2.33. The van der Waals surface area contributed by atoms with E-state index >= 15 is 0 Å². The minimum Gasteiger partial charge on any atom is -0.460 e. The van der Waals surface area contributed by atoms with E-state index in [2.05, 4.69) is 12.1 Å². The van der Waals surface area contributed by atoms with Crippen molar-refractivity contribution in [2.24, 2.45) is 0 Å². The maximum absolute atomic E-state index is 11.8. The lowest BCUT2D eigenvalue weighted by Crippen LogP contribution is -2.32. The van der Waals surface area contributed by atoms with Crippen LogP contribution in [-0.4, -0.2) is 18.7 Å². The molecule has 3 nitrogen and oxygen atoms in total. The highest BCUT2D eigenvalue weighted by Gasteiger charge is 2.29. The minimum atomic E-state index is -0.157. The van der Waals surface area contributed by atoms with Gasteiger partial charge in [0, 0.05) is 0 Å². The van der Waals surface area contributed by atoms with Crippen LogP contribution in [0.3, 0.4) is 0 Å². The van der Waals surface area contributed by atoms with Crippen molar-refractivity contribution < 1.29 is 14.3 Å². The molecule has 1 aliphatic rings. The Morgan fingerprint density at radius 2 is 1.68 bits per heavy atom. The van der Waals surface area contributed by atoms with Crippen LogP contribution in [0.5, 0.6) is 0 Å². The third-order valence-corrected chi connectivity index (χ3v) is 3.94. The predicted molar refractivity (Wildman–Crippen MR) is 84.4 cm³/mol. The van der Waals surface area contributed by atoms with Crippen molar-refractivity contribution in [2.45, 2.75) is 31.5 Å². The summed E-state index contributed by atoms with van der Waals surface area (Å²) in [6.45, 7) is 0.995. The van der Waals surface area contributed by atoms with E-state index in [9.17, 15) is 4.79 Å². The summed E-state index contributed by atoms with van der Waals surface area (Å²) in [6, 6.07) is 20.2. The van der Waals surface area contributed by atoms with Crippen LogP contribution in [0.4, 0.5) is 0 Å². The van der Waals surface area contributed by atoms with Gasteiger partial charge in [0.2, 0.25) is 0 Å². The molecule has 3 rings (SSSR count). The molecule has 1 fully saturated rings. The van der Waals surface area contributed by atoms with Gasteiger partial charge in [0.15, 0.2) is 0 Å². The van der Waals surface area contributed by atoms with E-state index in [-0.39, 0.29) is 18.0 Å². The molecule has 3 heteroatoms. The van der Waals surface area contributed by atoms with Gasteiger partial charge in [-0.15, -0.1) is 0 Å². The van der Waals surface area contributed by atoms with Crippen molar-refractivity contribution >= 4 is 5.97 Å². The van der Waals surface area contributed by atoms with Gasteiger partial charge < -0.3 is 9.47 Å². The Morgan fingerprint density at radius 1 is 1.00 bits per heavy atom. The van der Waals surface area contributed by atoms with Crippen LogP contribution < -0.4 is 0 Å². The summed E-state index contributed by atoms with van der Waals surface area (Å²) < 4.78 is 11.1. The topological polar surface area (TPSA) is 35.5 Å². The highest BCUT2D eigenvalue weighted by atomic mass is 16.6. The van der Waals surface area contributed by atoms with Crippen molar-refractivity contribution in [2.75, 3.05) is 6.61 Å². The first-order valence-electron chi connectivity index (χ1n) is 7.67. The standard InChI is InChI=1S/C19H20O3/c20-19-12-17(16-9-5-2-6-10-16)11-18(22-19)14-21-13-15-7-3-1-4-8-15/h1-10,17-18H,11-14H2/t17-,18-/m1/s1. The van der Waals surface area contributed by atoms with Crippen LogP contribution in [-0.2, 0) is 20.9 Å². The predicted octanol–water partition coefficient (Wildman–Crippen LogP) is 3.69. The first-order valence-corrected chi connectivity index (χ1v) is 7.67. The molecule has 0 spiro atoms. The normalized spacial score (nSPS) is 21.4. The number of benzene rings is 2. The van der Waals surface area contributed by atoms with E-state index in [1.165, 1.54) is 5.56 Å². The Bertz CT molecular complexity index is 595. The Balaban J connectivity index is 1.54. The molecule has 0 N–H and O–H groups in total. The molecule has 2 atom stereocenters. The zero-order valence-electron chi connectivity index (χ0n) is 12.5. The van der Waals surface area contributed by atoms with E-state index in [4.69, 9.17) is 9.47 Å². The molecule has 2 aromatic carbocycles. The van der Waals surface area contributed by atoms with Crippen molar-refractivity contribution in [3.05, 3.63) is 71.8 Å². The second-order valence-corrected chi connectivity index (χ2v) is 5.66. The molecule has 1 saturated heterocycles. The number of ether oxygens (including phenoxy) is 2. The fraction of sp³-hybridized carbons (Fsp3) is 0.316. The van der Waals surface area contributed by atoms with Crippen LogP contribution in [0.2, 0.25) is 0 Å². The highest BCUT2D eigenvalue weighted by Crippen LogP contribution is 2.30. The molecule has 1 aliphatic heterocycles. The van der Waals surface area contributed by atoms with Crippen LogP contribution in [0, 0.1) is 0 Å². The third kappa shape index (κ3) is 3.95. The third-order valence-electron chi connectivity index (χ3n) is 3.94. The summed E-state index contributed by atoms with van der Waals surface area (Å²) in [6.07, 6.45) is 1.12. The Labute approximate surface area is 130 Å². The molecule has 114 valence electrons. The fourth-order valence-corrected chi connectivity index (χ4v) is 2.85. The van der Waals surface area contributed by atoms with E-state index in [1.807, 2.05) is 48.5 Å². The van der Waals surface area contributed by atoms with Gasteiger partial charge in [-0.3, -0.25) is 4.79 Å². The van der Waals surface area contributed by atoms with Crippen LogP contribution >= 0.6 is 0 Å². The lowest BCUT2D eigenvalue weighted by atomic mass is 9.88. The molecule has 0 aliphatic carbocycles. The molecule has 2 aromatic rings. The van der Waals surface area contributed by atoms with Crippen molar-refractivity contribution in [3.8, 4) is 0 Å². The first-order chi connectivity index (χ1) is 10.8. The minimum absolute atomic E-state index is 0.131. The largest absolute Gasteiger partial charge is 0.460 e. The number of carbonyl (C=O) groups is 1. The SMILES string of the molecule is O=C1C[C@H](c2ccccc2)C[C@H](COCc2ccccc2)O1. The monoisotopic (exact) mass is 296 g/mol. The average Bonchev–Trinajstić information content (AvgIpc) is 2.56. The summed E-state index contributed by atoms with van der Waals surface area (Å²) in [4.78, 5) is 11.8. The summed E-state index contributed by atoms with van der Waals surface area (Å²) in [5, 5.41) is 0. The van der Waals surface area contributed by atoms with Gasteiger partial charge in [0.05, 0.1) is 19.6 Å². The van der Waals surface area contributed by atoms with Crippen molar-refractivity contribution in [1.29, 1.82) is 0 Å². The zero-order valence-corrected chi connectivity index (χ0v) is 12.5. The van der Waals surface area contributed by atoms with E-state index < -0.39 is 0 Å². The van der Waals surface area contributed by atoms with Gasteiger partial charge >= 0.3 is 5.97 Å². The Hall–Kier alpha value is -2.13. The quantitative estimate of drug-likeness (QED) is 0.789. The summed E-state index contributed by atoms with van der Waals surface area (Å²) in [7, 11) is 0. The summed E-state index contributed by atoms with van der Waals surface area (Å²) in [5.74, 6) is 0.0983. The number of hydrogen-bond acceptors (Lipinski definition) is 3. The van der Waals surface area contributed by atoms with Gasteiger partial charge in [0.25, 0.3) is 0 Å². The second kappa shape index (κ2) is 7.23. The average molecular weight is 296 g/mol. The van der Waals surface area contributed by atoms with Gasteiger partial charge in [0.1, 0.15) is 6.10 Å². The van der Waals surface area contributed by atoms with E-state index in [1.54, 1.807) is 0 Å². The van der Waals surface area contributed by atoms with E-state index in [0.717, 1.165) is 12.0 Å². The lowest BCUT2D eigenvalue weighted by molar-refractivity contribution is -0.158. The molecular formula is C19H20O3. The second-order valence-electron chi connectivity index (χ2n) is 5.66. The molecule has 22 heavy (non-hydrogen) atoms. The molecule has 0 bridgehead atoms. The molecule has 0 saturated carbocycles. The number of carbonyl (C=O) groups excluding carboxylic acids is 1. The Morgan fingerprint density at radius 3 is 2.41 bits per heavy atom. The fourth-order valence-electron chi connectivity index (χ4n) is 2.85. The number of rotatable bonds is 5. The summed E-state index contributed by atoms with van der Waals surface area (Å²) >= 11 is 0. The lowest BCUT2D eigenvalue weighted by Gasteiger charge is -2.29. The van der Waals surface area contributed by atoms with Gasteiger partial charge in [-0.1, -0.05) is 60.7 Å². The number of hydrogen-bond donors (Lipinski definition) is 0. The first kappa shape index (κ1) is 14.8. The van der Waals surface area contributed by atoms with Crippen molar-refractivity contribution in [3.63, 3.8) is 0 Å². The van der Waals surface area contributed by atoms with Crippen LogP contribution in [0.15, 0.2) is 60.7 Å². The van der Waals surface area contributed by atoms with Crippen LogP contribution in [0.1, 0.15) is 29.9 Å². The van der Waals surface area contributed by atoms with Gasteiger partial charge in [-0.25, -0.2) is 0 Å². The highest BCUT2D eigenvalue weighted by molar-refractivity contribution is 5.71. The molecule has 1 heterocycles. The molecule has 0 radical (unpaired) electrons. The number of cyclic esters (lactones) is 1. The maximum Gasteiger partial charge on any atom is 0.306 e. The smallest absolute Gasteiger partial charge is 0.306 e. The van der Waals surface area contributed by atoms with Crippen molar-refractivity contribution in [1.82, 2.24) is 0 Å². The van der Waals surface area contributed by atoms with Gasteiger partial charge in [-0.05, 0) is 23.5 Å². The maximum atomic E-state index is 11.8. The molecule has 0 unspecified atom stereocenters.